The van der Waals surface area contributed by atoms with Crippen LogP contribution in [0.15, 0.2) is 58.7 Å². The first-order valence-electron chi connectivity index (χ1n) is 8.41. The standard InChI is InChI=1S/C21H33N/c1-17(9-7-10-18(2)14-16-22-6)12-13-20-19(3)11-8-15-21(20,4)5/h7,9-10,12-14,22H,8,11,15-16H2,1-6H3. The van der Waals surface area contributed by atoms with E-state index in [-0.39, 0.29) is 0 Å². The number of hydrogen-bond acceptors (Lipinski definition) is 1. The molecule has 0 unspecified atom stereocenters. The molecule has 0 spiro atoms. The van der Waals surface area contributed by atoms with Gasteiger partial charge in [-0.25, -0.2) is 0 Å². The van der Waals surface area contributed by atoms with Crippen LogP contribution in [-0.4, -0.2) is 13.6 Å². The summed E-state index contributed by atoms with van der Waals surface area (Å²) in [6.45, 7) is 12.2. The molecule has 0 atom stereocenters. The fraction of sp³-hybridized carbons (Fsp3) is 0.524. The molecule has 122 valence electrons. The Kier molecular flexibility index (Phi) is 7.61. The highest BCUT2D eigenvalue weighted by atomic mass is 14.8. The molecule has 0 aromatic carbocycles. The van der Waals surface area contributed by atoms with E-state index in [2.05, 4.69) is 76.4 Å². The lowest BCUT2D eigenvalue weighted by atomic mass is 9.72. The van der Waals surface area contributed by atoms with E-state index in [1.54, 1.807) is 5.57 Å². The Balaban J connectivity index is 2.73. The van der Waals surface area contributed by atoms with Crippen LogP contribution in [0, 0.1) is 5.41 Å². The highest BCUT2D eigenvalue weighted by molar-refractivity contribution is 5.37. The van der Waals surface area contributed by atoms with Crippen molar-refractivity contribution in [3.05, 3.63) is 58.7 Å². The maximum atomic E-state index is 3.12. The molecule has 1 N–H and O–H groups in total. The van der Waals surface area contributed by atoms with Gasteiger partial charge in [0.1, 0.15) is 0 Å². The molecule has 1 nitrogen and oxygen atoms in total. The summed E-state index contributed by atoms with van der Waals surface area (Å²) in [5.41, 5.74) is 5.98. The summed E-state index contributed by atoms with van der Waals surface area (Å²) in [5, 5.41) is 3.12. The molecule has 22 heavy (non-hydrogen) atoms. The average Bonchev–Trinajstić information content (AvgIpc) is 2.43. The summed E-state index contributed by atoms with van der Waals surface area (Å²) in [6, 6.07) is 0. The van der Waals surface area contributed by atoms with Crippen LogP contribution >= 0.6 is 0 Å². The quantitative estimate of drug-likeness (QED) is 0.617. The minimum Gasteiger partial charge on any atom is -0.316 e. The van der Waals surface area contributed by atoms with E-state index in [1.807, 2.05) is 7.05 Å². The molecule has 0 bridgehead atoms. The maximum absolute atomic E-state index is 3.12. The first-order chi connectivity index (χ1) is 10.4. The van der Waals surface area contributed by atoms with E-state index in [4.69, 9.17) is 0 Å². The third-order valence-electron chi connectivity index (χ3n) is 4.40. The van der Waals surface area contributed by atoms with Crippen LogP contribution < -0.4 is 5.32 Å². The summed E-state index contributed by atoms with van der Waals surface area (Å²) in [7, 11) is 1.96. The van der Waals surface area contributed by atoms with Gasteiger partial charge in [0.15, 0.2) is 0 Å². The van der Waals surface area contributed by atoms with Gasteiger partial charge in [-0.3, -0.25) is 0 Å². The van der Waals surface area contributed by atoms with Gasteiger partial charge in [-0.15, -0.1) is 0 Å². The number of hydrogen-bond donors (Lipinski definition) is 1. The number of allylic oxidation sites excluding steroid dienone is 9. The SMILES string of the molecule is CNCC=C(C)C=CC=C(C)C=CC1=C(C)CCCC1(C)C. The Morgan fingerprint density at radius 3 is 2.55 bits per heavy atom. The van der Waals surface area contributed by atoms with Crippen LogP contribution in [0.3, 0.4) is 0 Å². The summed E-state index contributed by atoms with van der Waals surface area (Å²) >= 11 is 0. The number of rotatable bonds is 6. The van der Waals surface area contributed by atoms with Gasteiger partial charge in [-0.2, -0.15) is 0 Å². The minimum atomic E-state index is 0.321. The van der Waals surface area contributed by atoms with Crippen molar-refractivity contribution in [2.75, 3.05) is 13.6 Å². The normalized spacial score (nSPS) is 20.5. The first-order valence-corrected chi connectivity index (χ1v) is 8.41. The molecule has 1 heteroatoms. The second-order valence-electron chi connectivity index (χ2n) is 7.04. The highest BCUT2D eigenvalue weighted by Crippen LogP contribution is 2.40. The van der Waals surface area contributed by atoms with Crippen molar-refractivity contribution in [1.29, 1.82) is 0 Å². The third kappa shape index (κ3) is 6.19. The van der Waals surface area contributed by atoms with Crippen molar-refractivity contribution in [2.24, 2.45) is 5.41 Å². The molecule has 0 heterocycles. The fourth-order valence-electron chi connectivity index (χ4n) is 2.96. The lowest BCUT2D eigenvalue weighted by molar-refractivity contribution is 0.377. The second-order valence-corrected chi connectivity index (χ2v) is 7.04. The number of nitrogens with one attached hydrogen (secondary N) is 1. The predicted molar refractivity (Wildman–Crippen MR) is 100 cm³/mol. The van der Waals surface area contributed by atoms with E-state index in [9.17, 15) is 0 Å². The zero-order chi connectivity index (χ0) is 16.6. The zero-order valence-electron chi connectivity index (χ0n) is 15.3. The highest BCUT2D eigenvalue weighted by Gasteiger charge is 2.26. The molecule has 0 amide bonds. The van der Waals surface area contributed by atoms with Crippen LogP contribution in [0.4, 0.5) is 0 Å². The molecule has 0 saturated heterocycles. The van der Waals surface area contributed by atoms with Crippen molar-refractivity contribution >= 4 is 0 Å². The van der Waals surface area contributed by atoms with Crippen molar-refractivity contribution in [3.63, 3.8) is 0 Å². The van der Waals surface area contributed by atoms with E-state index >= 15 is 0 Å². The zero-order valence-corrected chi connectivity index (χ0v) is 15.3. The Hall–Kier alpha value is -1.34. The van der Waals surface area contributed by atoms with Crippen molar-refractivity contribution in [1.82, 2.24) is 5.32 Å². The van der Waals surface area contributed by atoms with E-state index in [0.29, 0.717) is 5.41 Å². The molecule has 0 aromatic rings. The van der Waals surface area contributed by atoms with E-state index in [0.717, 1.165) is 6.54 Å². The molecule has 0 radical (unpaired) electrons. The topological polar surface area (TPSA) is 12.0 Å². The van der Waals surface area contributed by atoms with Crippen LogP contribution in [-0.2, 0) is 0 Å². The van der Waals surface area contributed by atoms with E-state index < -0.39 is 0 Å². The molecule has 0 saturated carbocycles. The summed E-state index contributed by atoms with van der Waals surface area (Å²) in [5.74, 6) is 0. The van der Waals surface area contributed by atoms with Gasteiger partial charge in [0.25, 0.3) is 0 Å². The van der Waals surface area contributed by atoms with Gasteiger partial charge in [-0.05, 0) is 58.1 Å². The lowest BCUT2D eigenvalue weighted by Gasteiger charge is -2.32. The first kappa shape index (κ1) is 18.7. The molecular weight excluding hydrogens is 266 g/mol. The molecule has 1 rings (SSSR count). The molecule has 1 aliphatic rings. The minimum absolute atomic E-state index is 0.321. The predicted octanol–water partition coefficient (Wildman–Crippen LogP) is 5.74. The lowest BCUT2D eigenvalue weighted by Crippen LogP contribution is -2.19. The van der Waals surface area contributed by atoms with Crippen molar-refractivity contribution in [3.8, 4) is 0 Å². The Morgan fingerprint density at radius 2 is 1.91 bits per heavy atom. The van der Waals surface area contributed by atoms with Gasteiger partial charge in [0.05, 0.1) is 0 Å². The van der Waals surface area contributed by atoms with Gasteiger partial charge in [-0.1, -0.05) is 67.0 Å². The Morgan fingerprint density at radius 1 is 1.18 bits per heavy atom. The van der Waals surface area contributed by atoms with Crippen molar-refractivity contribution < 1.29 is 0 Å². The molecule has 0 aromatic heterocycles. The largest absolute Gasteiger partial charge is 0.316 e. The summed E-state index contributed by atoms with van der Waals surface area (Å²) in [6.07, 6.45) is 17.1. The number of likely N-dealkylation sites (N-methyl/N-ethyl adjacent to an activating group) is 1. The van der Waals surface area contributed by atoms with Gasteiger partial charge < -0.3 is 5.32 Å². The molecule has 0 fully saturated rings. The van der Waals surface area contributed by atoms with Crippen LogP contribution in [0.1, 0.15) is 53.9 Å². The van der Waals surface area contributed by atoms with Crippen LogP contribution in [0.25, 0.3) is 0 Å². The smallest absolute Gasteiger partial charge is 0.0137 e. The van der Waals surface area contributed by atoms with E-state index in [1.165, 1.54) is 36.0 Å². The monoisotopic (exact) mass is 299 g/mol. The third-order valence-corrected chi connectivity index (χ3v) is 4.40. The molecular formula is C21H33N. The second kappa shape index (κ2) is 8.95. The average molecular weight is 300 g/mol. The summed E-state index contributed by atoms with van der Waals surface area (Å²) in [4.78, 5) is 0. The van der Waals surface area contributed by atoms with Crippen LogP contribution in [0.5, 0.6) is 0 Å². The molecule has 0 aliphatic heterocycles. The Bertz CT molecular complexity index is 510. The molecule has 1 aliphatic carbocycles. The van der Waals surface area contributed by atoms with Crippen LogP contribution in [0.2, 0.25) is 0 Å². The van der Waals surface area contributed by atoms with Crippen molar-refractivity contribution in [2.45, 2.75) is 53.9 Å². The van der Waals surface area contributed by atoms with Gasteiger partial charge in [0.2, 0.25) is 0 Å². The fourth-order valence-corrected chi connectivity index (χ4v) is 2.96. The maximum Gasteiger partial charge on any atom is 0.0137 e. The van der Waals surface area contributed by atoms with Gasteiger partial charge >= 0.3 is 0 Å². The summed E-state index contributed by atoms with van der Waals surface area (Å²) < 4.78 is 0. The Labute approximate surface area is 137 Å². The van der Waals surface area contributed by atoms with Gasteiger partial charge in [0, 0.05) is 6.54 Å².